The highest BCUT2D eigenvalue weighted by atomic mass is 16.4. The van der Waals surface area contributed by atoms with Crippen molar-refractivity contribution in [1.82, 2.24) is 9.97 Å². The van der Waals surface area contributed by atoms with E-state index in [1.54, 1.807) is 0 Å². The molecule has 11 rings (SSSR count). The lowest BCUT2D eigenvalue weighted by molar-refractivity contribution is 0.619. The molecule has 1 atom stereocenters. The van der Waals surface area contributed by atoms with Crippen LogP contribution in [0.2, 0.25) is 0 Å². The van der Waals surface area contributed by atoms with Gasteiger partial charge in [0.05, 0.1) is 0 Å². The van der Waals surface area contributed by atoms with Crippen LogP contribution in [0.4, 0.5) is 0 Å². The van der Waals surface area contributed by atoms with Crippen LogP contribution in [0, 0.1) is 0 Å². The summed E-state index contributed by atoms with van der Waals surface area (Å²) in [6.07, 6.45) is 0. The Bertz CT molecular complexity index is 2920. The Balaban J connectivity index is 1.08. The summed E-state index contributed by atoms with van der Waals surface area (Å²) in [5.74, 6) is 1.21. The zero-order valence-corrected chi connectivity index (χ0v) is 30.6. The summed E-state index contributed by atoms with van der Waals surface area (Å²) in [6.45, 7) is 2.37. The molecular formula is C52H34N2O2. The minimum absolute atomic E-state index is 0.300. The van der Waals surface area contributed by atoms with Gasteiger partial charge in [0.2, 0.25) is 11.8 Å². The van der Waals surface area contributed by atoms with Gasteiger partial charge in [-0.3, -0.25) is 0 Å². The maximum Gasteiger partial charge on any atom is 0.227 e. The molecule has 1 aliphatic rings. The molecule has 0 saturated heterocycles. The van der Waals surface area contributed by atoms with Crippen molar-refractivity contribution in [2.75, 3.05) is 0 Å². The SMILES string of the molecule is CC1(c2ccccc2)c2ccccc2-c2ccc(-c3cc(-c4cccc(-c5nc6ccccc6o5)c4)cc(-c4cccc(-c5nc6ccccc6o5)c4)c3)cc21. The van der Waals surface area contributed by atoms with Crippen LogP contribution in [0.25, 0.3) is 89.6 Å². The second-order valence-corrected chi connectivity index (χ2v) is 14.7. The van der Waals surface area contributed by atoms with Gasteiger partial charge in [-0.05, 0) is 141 Å². The Morgan fingerprint density at radius 3 is 1.41 bits per heavy atom. The van der Waals surface area contributed by atoms with Crippen molar-refractivity contribution in [2.24, 2.45) is 0 Å². The molecule has 2 aromatic heterocycles. The van der Waals surface area contributed by atoms with Gasteiger partial charge in [-0.2, -0.15) is 0 Å². The molecule has 4 heteroatoms. The van der Waals surface area contributed by atoms with Gasteiger partial charge in [0.15, 0.2) is 11.2 Å². The van der Waals surface area contributed by atoms with Gasteiger partial charge in [-0.25, -0.2) is 9.97 Å². The molecular weight excluding hydrogens is 685 g/mol. The van der Waals surface area contributed by atoms with Crippen LogP contribution in [-0.2, 0) is 5.41 Å². The first-order valence-electron chi connectivity index (χ1n) is 19.0. The summed E-state index contributed by atoms with van der Waals surface area (Å²) in [6, 6.07) is 66.4. The molecule has 4 nitrogen and oxygen atoms in total. The molecule has 2 heterocycles. The van der Waals surface area contributed by atoms with Gasteiger partial charge in [-0.1, -0.05) is 115 Å². The Morgan fingerprint density at radius 2 is 0.821 bits per heavy atom. The van der Waals surface area contributed by atoms with Gasteiger partial charge in [0.1, 0.15) is 11.0 Å². The molecule has 0 N–H and O–H groups in total. The minimum atomic E-state index is -0.300. The fourth-order valence-electron chi connectivity index (χ4n) is 8.54. The molecule has 0 radical (unpaired) electrons. The van der Waals surface area contributed by atoms with Crippen LogP contribution in [0.15, 0.2) is 197 Å². The maximum absolute atomic E-state index is 6.21. The number of hydrogen-bond acceptors (Lipinski definition) is 4. The van der Waals surface area contributed by atoms with Crippen LogP contribution < -0.4 is 0 Å². The van der Waals surface area contributed by atoms with Crippen LogP contribution in [-0.4, -0.2) is 9.97 Å². The molecule has 1 aliphatic carbocycles. The largest absolute Gasteiger partial charge is 0.436 e. The number of fused-ring (bicyclic) bond motifs is 5. The van der Waals surface area contributed by atoms with Gasteiger partial charge < -0.3 is 8.83 Å². The fourth-order valence-corrected chi connectivity index (χ4v) is 8.54. The van der Waals surface area contributed by atoms with Gasteiger partial charge >= 0.3 is 0 Å². The molecule has 0 aliphatic heterocycles. The number of hydrogen-bond donors (Lipinski definition) is 0. The number of nitrogens with zero attached hydrogens (tertiary/aromatic N) is 2. The normalized spacial score (nSPS) is 14.6. The van der Waals surface area contributed by atoms with E-state index in [1.807, 2.05) is 48.5 Å². The van der Waals surface area contributed by atoms with E-state index < -0.39 is 0 Å². The molecule has 56 heavy (non-hydrogen) atoms. The molecule has 8 aromatic carbocycles. The summed E-state index contributed by atoms with van der Waals surface area (Å²) in [7, 11) is 0. The van der Waals surface area contributed by atoms with Crippen molar-refractivity contribution >= 4 is 22.2 Å². The summed E-state index contributed by atoms with van der Waals surface area (Å²) >= 11 is 0. The monoisotopic (exact) mass is 718 g/mol. The third-order valence-electron chi connectivity index (χ3n) is 11.4. The van der Waals surface area contributed by atoms with Gasteiger partial charge in [-0.15, -0.1) is 0 Å². The van der Waals surface area contributed by atoms with Crippen molar-refractivity contribution < 1.29 is 8.83 Å². The van der Waals surface area contributed by atoms with E-state index in [-0.39, 0.29) is 5.41 Å². The first kappa shape index (κ1) is 32.2. The molecule has 1 unspecified atom stereocenters. The summed E-state index contributed by atoms with van der Waals surface area (Å²) in [4.78, 5) is 9.62. The Kier molecular flexibility index (Phi) is 7.26. The lowest BCUT2D eigenvalue weighted by Gasteiger charge is -2.28. The predicted octanol–water partition coefficient (Wildman–Crippen LogP) is 13.6. The highest BCUT2D eigenvalue weighted by molar-refractivity contribution is 5.89. The second kappa shape index (κ2) is 12.6. The first-order valence-corrected chi connectivity index (χ1v) is 19.0. The van der Waals surface area contributed by atoms with Crippen molar-refractivity contribution in [3.63, 3.8) is 0 Å². The van der Waals surface area contributed by atoms with Crippen LogP contribution in [0.3, 0.4) is 0 Å². The maximum atomic E-state index is 6.21. The zero-order chi connectivity index (χ0) is 37.2. The Morgan fingerprint density at radius 1 is 0.357 bits per heavy atom. The molecule has 0 spiro atoms. The average Bonchev–Trinajstić information content (AvgIpc) is 3.98. The molecule has 10 aromatic rings. The van der Waals surface area contributed by atoms with E-state index in [9.17, 15) is 0 Å². The molecule has 0 fully saturated rings. The molecule has 0 amide bonds. The average molecular weight is 719 g/mol. The van der Waals surface area contributed by atoms with E-state index in [0.717, 1.165) is 66.7 Å². The quantitative estimate of drug-likeness (QED) is 0.172. The van der Waals surface area contributed by atoms with Gasteiger partial charge in [0, 0.05) is 16.5 Å². The van der Waals surface area contributed by atoms with Crippen molar-refractivity contribution in [3.8, 4) is 67.4 Å². The summed E-state index contributed by atoms with van der Waals surface area (Å²) in [5.41, 5.74) is 17.9. The smallest absolute Gasteiger partial charge is 0.227 e. The van der Waals surface area contributed by atoms with E-state index in [2.05, 4.69) is 146 Å². The van der Waals surface area contributed by atoms with E-state index >= 15 is 0 Å². The Labute approximate surface area is 324 Å². The van der Waals surface area contributed by atoms with Crippen molar-refractivity contribution in [2.45, 2.75) is 12.3 Å². The summed E-state index contributed by atoms with van der Waals surface area (Å²) in [5, 5.41) is 0. The molecule has 0 saturated carbocycles. The predicted molar refractivity (Wildman–Crippen MR) is 226 cm³/mol. The number of benzene rings is 8. The van der Waals surface area contributed by atoms with E-state index in [4.69, 9.17) is 18.8 Å². The first-order chi connectivity index (χ1) is 27.6. The van der Waals surface area contributed by atoms with Gasteiger partial charge in [0.25, 0.3) is 0 Å². The highest BCUT2D eigenvalue weighted by Gasteiger charge is 2.40. The fraction of sp³-hybridized carbons (Fsp3) is 0.0385. The van der Waals surface area contributed by atoms with E-state index in [0.29, 0.717) is 11.8 Å². The number of aromatic nitrogens is 2. The van der Waals surface area contributed by atoms with Crippen LogP contribution in [0.1, 0.15) is 23.6 Å². The highest BCUT2D eigenvalue weighted by Crippen LogP contribution is 2.53. The van der Waals surface area contributed by atoms with Crippen molar-refractivity contribution in [3.05, 3.63) is 205 Å². The van der Waals surface area contributed by atoms with E-state index in [1.165, 1.54) is 27.8 Å². The third-order valence-corrected chi connectivity index (χ3v) is 11.4. The second-order valence-electron chi connectivity index (χ2n) is 14.7. The number of oxazole rings is 2. The Hall–Kier alpha value is -7.30. The topological polar surface area (TPSA) is 52.1 Å². The minimum Gasteiger partial charge on any atom is -0.436 e. The molecule has 0 bridgehead atoms. The lowest BCUT2D eigenvalue weighted by atomic mass is 9.74. The molecule has 264 valence electrons. The zero-order valence-electron chi connectivity index (χ0n) is 30.6. The number of rotatable bonds is 6. The summed E-state index contributed by atoms with van der Waals surface area (Å²) < 4.78 is 12.4. The van der Waals surface area contributed by atoms with Crippen LogP contribution in [0.5, 0.6) is 0 Å². The van der Waals surface area contributed by atoms with Crippen LogP contribution >= 0.6 is 0 Å². The number of para-hydroxylation sites is 4. The lowest BCUT2D eigenvalue weighted by Crippen LogP contribution is -2.22. The van der Waals surface area contributed by atoms with Crippen molar-refractivity contribution in [1.29, 1.82) is 0 Å². The standard InChI is InChI=1S/C52H34N2O2/c1-52(41-17-3-2-4-18-41)44-20-6-5-19-42(44)43-26-25-35(32-45(43)52)40-30-38(33-13-11-15-36(27-33)50-53-46-21-7-9-23-48(46)55-50)29-39(31-40)34-14-12-16-37(28-34)51-54-47-22-8-10-24-49(47)56-51/h2-32H,1H3. The third kappa shape index (κ3) is 5.22.